The number of amides is 2. The van der Waals surface area contributed by atoms with E-state index in [0.29, 0.717) is 67.5 Å². The Balaban J connectivity index is 1.15. The Labute approximate surface area is 300 Å². The van der Waals surface area contributed by atoms with Crippen molar-refractivity contribution in [3.8, 4) is 5.88 Å². The fourth-order valence-corrected chi connectivity index (χ4v) is 6.35. The van der Waals surface area contributed by atoms with Gasteiger partial charge in [0.1, 0.15) is 0 Å². The summed E-state index contributed by atoms with van der Waals surface area (Å²) in [5, 5.41) is 20.0. The van der Waals surface area contributed by atoms with Crippen LogP contribution in [0.4, 0.5) is 11.4 Å². The Morgan fingerprint density at radius 2 is 1.86 bits per heavy atom. The van der Waals surface area contributed by atoms with Gasteiger partial charge < -0.3 is 25.6 Å². The molecular formula is C39H49N9O3. The van der Waals surface area contributed by atoms with Gasteiger partial charge in [0.25, 0.3) is 0 Å². The molecule has 1 aromatic heterocycles. The van der Waals surface area contributed by atoms with Crippen molar-refractivity contribution >= 4 is 46.6 Å². The predicted molar refractivity (Wildman–Crippen MR) is 204 cm³/mol. The van der Waals surface area contributed by atoms with Gasteiger partial charge in [0.15, 0.2) is 5.84 Å². The van der Waals surface area contributed by atoms with Crippen LogP contribution in [0.25, 0.3) is 5.57 Å². The highest BCUT2D eigenvalue weighted by Crippen LogP contribution is 2.28. The van der Waals surface area contributed by atoms with Crippen LogP contribution in [0.5, 0.6) is 5.88 Å². The second kappa shape index (κ2) is 17.0. The van der Waals surface area contributed by atoms with E-state index < -0.39 is 0 Å². The first-order valence-electron chi connectivity index (χ1n) is 17.6. The molecule has 268 valence electrons. The van der Waals surface area contributed by atoms with Gasteiger partial charge in [-0.15, -0.1) is 0 Å². The highest BCUT2D eigenvalue weighted by molar-refractivity contribution is 6.14. The molecule has 0 unspecified atom stereocenters. The van der Waals surface area contributed by atoms with Gasteiger partial charge in [-0.2, -0.15) is 0 Å². The molecule has 0 aliphatic carbocycles. The third-order valence-corrected chi connectivity index (χ3v) is 9.14. The van der Waals surface area contributed by atoms with Crippen LogP contribution in [0.15, 0.2) is 71.9 Å². The molecule has 0 radical (unpaired) electrons. The van der Waals surface area contributed by atoms with Crippen LogP contribution in [0, 0.1) is 16.7 Å². The smallest absolute Gasteiger partial charge is 0.237 e. The van der Waals surface area contributed by atoms with Crippen molar-refractivity contribution in [2.24, 2.45) is 10.9 Å². The normalized spacial score (nSPS) is 16.3. The second-order valence-corrected chi connectivity index (χ2v) is 13.1. The van der Waals surface area contributed by atoms with Crippen molar-refractivity contribution in [1.82, 2.24) is 20.1 Å². The zero-order valence-electron chi connectivity index (χ0n) is 30.0. The van der Waals surface area contributed by atoms with E-state index in [1.807, 2.05) is 62.9 Å². The van der Waals surface area contributed by atoms with Crippen LogP contribution in [0.1, 0.15) is 62.8 Å². The zero-order chi connectivity index (χ0) is 36.5. The number of ether oxygens (including phenoxy) is 1. The van der Waals surface area contributed by atoms with Crippen molar-refractivity contribution in [2.45, 2.75) is 46.6 Å². The summed E-state index contributed by atoms with van der Waals surface area (Å²) >= 11 is 0. The molecule has 1 saturated heterocycles. The summed E-state index contributed by atoms with van der Waals surface area (Å²) in [5.74, 6) is 0.524. The summed E-state index contributed by atoms with van der Waals surface area (Å²) in [7, 11) is 0. The number of carbonyl (C=O) groups excluding carboxylic acids is 2. The Morgan fingerprint density at radius 1 is 1.10 bits per heavy atom. The van der Waals surface area contributed by atoms with E-state index >= 15 is 0 Å². The zero-order valence-corrected chi connectivity index (χ0v) is 30.0. The van der Waals surface area contributed by atoms with E-state index in [0.717, 1.165) is 24.1 Å². The molecule has 0 bridgehead atoms. The number of nitrogens with two attached hydrogens (primary N) is 1. The minimum atomic E-state index is -0.234. The number of hydrogen-bond donors (Lipinski definition) is 4. The topological polar surface area (TPSA) is 164 Å². The lowest BCUT2D eigenvalue weighted by molar-refractivity contribution is -0.132. The van der Waals surface area contributed by atoms with Gasteiger partial charge in [0.05, 0.1) is 30.6 Å². The SMILES string of the molecule is CCN/C=N\C(=N)c1ccc(C2=CCN(C(=O)CN3CC[C@@H](C(=O)N(CC)c4ccc(N)c(C(=N)c5ccc(OC(C)C)nc5)c4)C3)CC2)cc1. The Hall–Kier alpha value is -5.36. The summed E-state index contributed by atoms with van der Waals surface area (Å²) < 4.78 is 5.63. The lowest BCUT2D eigenvalue weighted by Crippen LogP contribution is -2.42. The maximum absolute atomic E-state index is 13.8. The number of nitrogen functional groups attached to an aromatic ring is 1. The first-order valence-corrected chi connectivity index (χ1v) is 17.6. The average molecular weight is 692 g/mol. The average Bonchev–Trinajstić information content (AvgIpc) is 3.61. The summed E-state index contributed by atoms with van der Waals surface area (Å²) in [4.78, 5) is 41.3. The number of pyridine rings is 1. The molecule has 5 rings (SSSR count). The Bertz CT molecular complexity index is 1780. The summed E-state index contributed by atoms with van der Waals surface area (Å²) in [6.45, 7) is 11.6. The number of nitrogens with one attached hydrogen (secondary N) is 3. The third-order valence-electron chi connectivity index (χ3n) is 9.14. The fraction of sp³-hybridized carbons (Fsp3) is 0.385. The highest BCUT2D eigenvalue weighted by atomic mass is 16.5. The van der Waals surface area contributed by atoms with Crippen molar-refractivity contribution in [3.05, 3.63) is 89.1 Å². The van der Waals surface area contributed by atoms with Gasteiger partial charge in [-0.05, 0) is 82.5 Å². The number of hydrogen-bond acceptors (Lipinski definition) is 8. The Kier molecular flexibility index (Phi) is 12.3. The number of nitrogens with zero attached hydrogens (tertiary/aromatic N) is 5. The third kappa shape index (κ3) is 9.26. The second-order valence-electron chi connectivity index (χ2n) is 13.1. The molecule has 1 fully saturated rings. The molecule has 2 aliphatic heterocycles. The molecule has 2 amide bonds. The van der Waals surface area contributed by atoms with Crippen molar-refractivity contribution in [2.75, 3.05) is 56.4 Å². The van der Waals surface area contributed by atoms with Gasteiger partial charge in [-0.1, -0.05) is 30.3 Å². The molecule has 5 N–H and O–H groups in total. The summed E-state index contributed by atoms with van der Waals surface area (Å²) in [5.41, 5.74) is 11.8. The minimum absolute atomic E-state index is 0.00249. The van der Waals surface area contributed by atoms with Gasteiger partial charge >= 0.3 is 0 Å². The van der Waals surface area contributed by atoms with E-state index in [2.05, 4.69) is 26.3 Å². The number of rotatable bonds is 13. The molecule has 51 heavy (non-hydrogen) atoms. The lowest BCUT2D eigenvalue weighted by Gasteiger charge is -2.29. The molecule has 3 aromatic rings. The van der Waals surface area contributed by atoms with E-state index in [9.17, 15) is 9.59 Å². The first kappa shape index (κ1) is 36.9. The van der Waals surface area contributed by atoms with Crippen LogP contribution in [0.3, 0.4) is 0 Å². The lowest BCUT2D eigenvalue weighted by atomic mass is 9.98. The van der Waals surface area contributed by atoms with E-state index in [1.165, 1.54) is 5.57 Å². The van der Waals surface area contributed by atoms with Crippen LogP contribution in [-0.4, -0.2) is 96.4 Å². The van der Waals surface area contributed by atoms with Crippen LogP contribution in [-0.2, 0) is 9.59 Å². The molecule has 12 nitrogen and oxygen atoms in total. The fourth-order valence-electron chi connectivity index (χ4n) is 6.35. The number of amidine groups is 1. The summed E-state index contributed by atoms with van der Waals surface area (Å²) in [6.07, 6.45) is 6.67. The van der Waals surface area contributed by atoms with E-state index in [-0.39, 0.29) is 41.9 Å². The van der Waals surface area contributed by atoms with Crippen LogP contribution in [0.2, 0.25) is 0 Å². The molecule has 1 atom stereocenters. The first-order chi connectivity index (χ1) is 24.6. The van der Waals surface area contributed by atoms with E-state index in [4.69, 9.17) is 21.3 Å². The van der Waals surface area contributed by atoms with Crippen molar-refractivity contribution in [1.29, 1.82) is 10.8 Å². The molecule has 12 heteroatoms. The maximum Gasteiger partial charge on any atom is 0.237 e. The van der Waals surface area contributed by atoms with Gasteiger partial charge in [0, 0.05) is 73.1 Å². The quantitative estimate of drug-likeness (QED) is 0.113. The largest absolute Gasteiger partial charge is 0.475 e. The number of aliphatic imine (C=N–C) groups is 1. The van der Waals surface area contributed by atoms with Gasteiger partial charge in [-0.3, -0.25) is 25.3 Å². The minimum Gasteiger partial charge on any atom is -0.475 e. The Morgan fingerprint density at radius 3 is 2.51 bits per heavy atom. The molecule has 0 saturated carbocycles. The number of likely N-dealkylation sites (tertiary alicyclic amines) is 1. The van der Waals surface area contributed by atoms with Crippen LogP contribution < -0.4 is 20.7 Å². The predicted octanol–water partition coefficient (Wildman–Crippen LogP) is 4.82. The number of aromatic nitrogens is 1. The van der Waals surface area contributed by atoms with Crippen molar-refractivity contribution < 1.29 is 14.3 Å². The number of anilines is 2. The molecule has 2 aliphatic rings. The van der Waals surface area contributed by atoms with Crippen molar-refractivity contribution in [3.63, 3.8) is 0 Å². The molecular weight excluding hydrogens is 642 g/mol. The summed E-state index contributed by atoms with van der Waals surface area (Å²) in [6, 6.07) is 16.7. The molecule has 2 aromatic carbocycles. The maximum atomic E-state index is 13.8. The van der Waals surface area contributed by atoms with Gasteiger partial charge in [-0.25, -0.2) is 9.98 Å². The molecule has 0 spiro atoms. The number of carbonyl (C=O) groups is 2. The van der Waals surface area contributed by atoms with Gasteiger partial charge in [0.2, 0.25) is 17.7 Å². The highest BCUT2D eigenvalue weighted by Gasteiger charge is 2.33. The monoisotopic (exact) mass is 691 g/mol. The standard InChI is InChI=1S/C39H49N9O3/c1-5-43-25-45-38(42)29-9-7-27(8-10-29)28-16-19-47(20-17-28)36(49)24-46-18-15-31(23-46)39(50)48(6-2)32-12-13-34(40)33(21-32)37(41)30-11-14-35(44-22-30)51-26(3)4/h7-14,16,21-22,25-26,31,41H,5-6,15,17-20,23-24,40H2,1-4H3,(H2,42,43,45)/t31-/m1/s1. The molecule has 3 heterocycles. The number of benzene rings is 2. The van der Waals surface area contributed by atoms with Crippen LogP contribution >= 0.6 is 0 Å². The van der Waals surface area contributed by atoms with E-state index in [1.54, 1.807) is 41.7 Å².